The predicted octanol–water partition coefficient (Wildman–Crippen LogP) is 2.92. The molecule has 3 unspecified atom stereocenters. The Morgan fingerprint density at radius 3 is 1.25 bits per heavy atom. The SMILES string of the molecule is CCCCCCCCCCCC(=O)OC[C@H]1OC(OCC(C)OC2O[C@H](COC(=O)CCCCCCCCCCC)[C@@H](O)[C@H](O)[C@H]2O)[C@H](O)[C@@H](O)[C@@H]1O.OCCO. The van der Waals surface area contributed by atoms with Crippen LogP contribution in [0.2, 0.25) is 0 Å². The molecule has 0 amide bonds. The van der Waals surface area contributed by atoms with Crippen LogP contribution >= 0.6 is 0 Å². The number of unbranched alkanes of at least 4 members (excludes halogenated alkanes) is 16. The molecule has 16 heteroatoms. The molecule has 0 saturated carbocycles. The molecule has 16 nitrogen and oxygen atoms in total. The van der Waals surface area contributed by atoms with Crippen LogP contribution in [0.1, 0.15) is 149 Å². The lowest BCUT2D eigenvalue weighted by Gasteiger charge is -2.41. The monoisotopic (exact) mass is 827 g/mol. The van der Waals surface area contributed by atoms with Gasteiger partial charge in [0.25, 0.3) is 0 Å². The fourth-order valence-corrected chi connectivity index (χ4v) is 6.51. The molecule has 0 aliphatic carbocycles. The third-order valence-electron chi connectivity index (χ3n) is 10.1. The van der Waals surface area contributed by atoms with Crippen molar-refractivity contribution >= 4 is 11.9 Å². The molecule has 2 fully saturated rings. The van der Waals surface area contributed by atoms with Gasteiger partial charge in [-0.2, -0.15) is 0 Å². The zero-order valence-electron chi connectivity index (χ0n) is 34.9. The number of hydrogen-bond acceptors (Lipinski definition) is 16. The average molecular weight is 827 g/mol. The topological polar surface area (TPSA) is 251 Å². The highest BCUT2D eigenvalue weighted by Gasteiger charge is 2.47. The Labute approximate surface area is 340 Å². The van der Waals surface area contributed by atoms with Crippen LogP contribution in [0.25, 0.3) is 0 Å². The first kappa shape index (κ1) is 53.5. The lowest BCUT2D eigenvalue weighted by Crippen LogP contribution is -2.60. The van der Waals surface area contributed by atoms with Crippen LogP contribution in [0.5, 0.6) is 0 Å². The van der Waals surface area contributed by atoms with Crippen molar-refractivity contribution in [3.05, 3.63) is 0 Å². The summed E-state index contributed by atoms with van der Waals surface area (Å²) in [6.45, 7) is 4.74. The van der Waals surface area contributed by atoms with Gasteiger partial charge in [-0.25, -0.2) is 0 Å². The number of aliphatic hydroxyl groups is 8. The minimum atomic E-state index is -1.65. The Morgan fingerprint density at radius 2 is 0.860 bits per heavy atom. The number of esters is 2. The zero-order chi connectivity index (χ0) is 42.4. The number of aliphatic hydroxyl groups excluding tert-OH is 8. The fourth-order valence-electron chi connectivity index (χ4n) is 6.51. The van der Waals surface area contributed by atoms with E-state index >= 15 is 0 Å². The summed E-state index contributed by atoms with van der Waals surface area (Å²) in [4.78, 5) is 24.6. The van der Waals surface area contributed by atoms with E-state index in [1.165, 1.54) is 64.2 Å². The maximum Gasteiger partial charge on any atom is 0.305 e. The second-order valence-corrected chi connectivity index (χ2v) is 15.3. The fraction of sp³-hybridized carbons (Fsp3) is 0.951. The van der Waals surface area contributed by atoms with Gasteiger partial charge in [-0.15, -0.1) is 0 Å². The summed E-state index contributed by atoms with van der Waals surface area (Å²) < 4.78 is 33.2. The summed E-state index contributed by atoms with van der Waals surface area (Å²) in [6, 6.07) is 0. The van der Waals surface area contributed by atoms with Gasteiger partial charge in [0.15, 0.2) is 12.6 Å². The van der Waals surface area contributed by atoms with E-state index in [0.29, 0.717) is 12.8 Å². The normalized spacial score (nSPS) is 28.0. The van der Waals surface area contributed by atoms with Crippen molar-refractivity contribution in [2.45, 2.75) is 217 Å². The maximum atomic E-state index is 12.3. The van der Waals surface area contributed by atoms with Crippen molar-refractivity contribution in [3.8, 4) is 0 Å². The molecular weight excluding hydrogens is 748 g/mol. The van der Waals surface area contributed by atoms with Crippen LogP contribution in [0.3, 0.4) is 0 Å². The molecule has 0 spiro atoms. The van der Waals surface area contributed by atoms with Gasteiger partial charge in [0.1, 0.15) is 62.0 Å². The van der Waals surface area contributed by atoms with Crippen LogP contribution in [-0.4, -0.2) is 153 Å². The van der Waals surface area contributed by atoms with Crippen molar-refractivity contribution in [1.82, 2.24) is 0 Å². The van der Waals surface area contributed by atoms with Gasteiger partial charge in [0, 0.05) is 12.8 Å². The van der Waals surface area contributed by atoms with Gasteiger partial charge in [-0.1, -0.05) is 117 Å². The highest BCUT2D eigenvalue weighted by Crippen LogP contribution is 2.26. The van der Waals surface area contributed by atoms with Crippen molar-refractivity contribution in [3.63, 3.8) is 0 Å². The highest BCUT2D eigenvalue weighted by molar-refractivity contribution is 5.69. The quantitative estimate of drug-likeness (QED) is 0.0383. The number of hydrogen-bond donors (Lipinski definition) is 8. The Hall–Kier alpha value is -1.54. The molecule has 2 saturated heterocycles. The van der Waals surface area contributed by atoms with Gasteiger partial charge in [0.05, 0.1) is 25.9 Å². The molecule has 2 heterocycles. The lowest BCUT2D eigenvalue weighted by atomic mass is 9.99. The second-order valence-electron chi connectivity index (χ2n) is 15.3. The van der Waals surface area contributed by atoms with Crippen molar-refractivity contribution in [2.75, 3.05) is 33.0 Å². The van der Waals surface area contributed by atoms with Crippen LogP contribution in [0.15, 0.2) is 0 Å². The van der Waals surface area contributed by atoms with E-state index in [1.807, 2.05) is 0 Å². The van der Waals surface area contributed by atoms with E-state index in [0.717, 1.165) is 38.5 Å². The van der Waals surface area contributed by atoms with E-state index in [2.05, 4.69) is 13.8 Å². The molecule has 0 aromatic heterocycles. The first-order valence-corrected chi connectivity index (χ1v) is 21.6. The summed E-state index contributed by atoms with van der Waals surface area (Å²) in [5.41, 5.74) is 0. The number of ether oxygens (including phenoxy) is 6. The molecule has 11 atom stereocenters. The standard InChI is InChI=1S/C39H72O14.C2H6O2/c1-4-6-8-10-12-14-16-18-20-22-30(40)48-25-28-32(42)34(44)36(46)38(52-28)50-24-27(3)51-39-37(47)35(45)33(43)29(53-39)26-49-31(41)23-21-19-17-15-13-11-9-7-5-2;3-1-2-4/h27-29,32-39,42-47H,4-26H2,1-3H3;3-4H,1-2H2/t27?,28-,29-,32-,33-,34+,35+,36-,37-,38?,39?;/m1./s1. The first-order valence-electron chi connectivity index (χ1n) is 21.6. The van der Waals surface area contributed by atoms with Crippen LogP contribution < -0.4 is 0 Å². The third kappa shape index (κ3) is 23.2. The summed E-state index contributed by atoms with van der Waals surface area (Å²) in [5, 5.41) is 78.0. The summed E-state index contributed by atoms with van der Waals surface area (Å²) in [6.07, 6.45) is 4.81. The molecule has 2 rings (SSSR count). The van der Waals surface area contributed by atoms with E-state index in [1.54, 1.807) is 6.92 Å². The number of carbonyl (C=O) groups is 2. The predicted molar refractivity (Wildman–Crippen MR) is 210 cm³/mol. The van der Waals surface area contributed by atoms with Crippen molar-refractivity contribution in [2.24, 2.45) is 0 Å². The van der Waals surface area contributed by atoms with Crippen LogP contribution in [0, 0.1) is 0 Å². The molecular formula is C41H78O16. The smallest absolute Gasteiger partial charge is 0.305 e. The molecule has 0 aromatic carbocycles. The Balaban J connectivity index is 0.00000386. The van der Waals surface area contributed by atoms with Gasteiger partial charge in [-0.05, 0) is 19.8 Å². The minimum Gasteiger partial charge on any atom is -0.463 e. The van der Waals surface area contributed by atoms with E-state index in [4.69, 9.17) is 38.6 Å². The maximum absolute atomic E-state index is 12.3. The minimum absolute atomic E-state index is 0.125. The molecule has 0 radical (unpaired) electrons. The second kappa shape index (κ2) is 33.2. The summed E-state index contributed by atoms with van der Waals surface area (Å²) >= 11 is 0. The zero-order valence-corrected chi connectivity index (χ0v) is 34.9. The van der Waals surface area contributed by atoms with Gasteiger partial charge >= 0.3 is 11.9 Å². The summed E-state index contributed by atoms with van der Waals surface area (Å²) in [5.74, 6) is -0.900. The van der Waals surface area contributed by atoms with E-state index in [9.17, 15) is 40.2 Å². The molecule has 2 aliphatic heterocycles. The van der Waals surface area contributed by atoms with Crippen LogP contribution in [0.4, 0.5) is 0 Å². The van der Waals surface area contributed by atoms with Gasteiger partial charge in [0.2, 0.25) is 0 Å². The Bertz CT molecular complexity index is 989. The summed E-state index contributed by atoms with van der Waals surface area (Å²) in [7, 11) is 0. The molecule has 8 N–H and O–H groups in total. The number of rotatable bonds is 30. The molecule has 338 valence electrons. The van der Waals surface area contributed by atoms with Crippen LogP contribution in [-0.2, 0) is 38.0 Å². The first-order chi connectivity index (χ1) is 27.4. The molecule has 2 aliphatic rings. The van der Waals surface area contributed by atoms with Gasteiger partial charge < -0.3 is 69.3 Å². The Morgan fingerprint density at radius 1 is 0.509 bits per heavy atom. The van der Waals surface area contributed by atoms with Gasteiger partial charge in [-0.3, -0.25) is 9.59 Å². The Kier molecular flexibility index (Phi) is 31.2. The van der Waals surface area contributed by atoms with E-state index < -0.39 is 79.5 Å². The molecule has 0 aromatic rings. The third-order valence-corrected chi connectivity index (χ3v) is 10.1. The number of carbonyl (C=O) groups excluding carboxylic acids is 2. The van der Waals surface area contributed by atoms with E-state index in [-0.39, 0.29) is 45.9 Å². The lowest BCUT2D eigenvalue weighted by molar-refractivity contribution is -0.327. The average Bonchev–Trinajstić information content (AvgIpc) is 3.20. The highest BCUT2D eigenvalue weighted by atomic mass is 16.7. The van der Waals surface area contributed by atoms with Crippen molar-refractivity contribution < 1.29 is 78.9 Å². The molecule has 57 heavy (non-hydrogen) atoms. The largest absolute Gasteiger partial charge is 0.463 e. The van der Waals surface area contributed by atoms with Crippen molar-refractivity contribution in [1.29, 1.82) is 0 Å². The molecule has 0 bridgehead atoms.